The van der Waals surface area contributed by atoms with Crippen LogP contribution < -0.4 is 5.32 Å². The van der Waals surface area contributed by atoms with Crippen LogP contribution in [0.25, 0.3) is 22.5 Å². The second-order valence-corrected chi connectivity index (χ2v) is 7.28. The molecule has 5 nitrogen and oxygen atoms in total. The van der Waals surface area contributed by atoms with Gasteiger partial charge in [-0.05, 0) is 17.5 Å². The number of carbonyl (C=O) groups excluding carboxylic acids is 1. The van der Waals surface area contributed by atoms with Crippen LogP contribution >= 0.6 is 11.3 Å². The van der Waals surface area contributed by atoms with Gasteiger partial charge in [-0.15, -0.1) is 11.3 Å². The van der Waals surface area contributed by atoms with Gasteiger partial charge in [0.25, 0.3) is 5.91 Å². The summed E-state index contributed by atoms with van der Waals surface area (Å²) in [7, 11) is 0. The van der Waals surface area contributed by atoms with Crippen molar-refractivity contribution in [2.45, 2.75) is 12.8 Å². The first-order valence-corrected chi connectivity index (χ1v) is 9.97. The Hall–Kier alpha value is -3.25. The van der Waals surface area contributed by atoms with Gasteiger partial charge in [-0.3, -0.25) is 4.79 Å². The average molecular weight is 389 g/mol. The average Bonchev–Trinajstić information content (AvgIpc) is 3.44. The minimum Gasteiger partial charge on any atom is -0.355 e. The molecule has 6 heteroatoms. The van der Waals surface area contributed by atoms with E-state index in [9.17, 15) is 4.79 Å². The first kappa shape index (κ1) is 18.1. The van der Waals surface area contributed by atoms with Crippen LogP contribution in [-0.4, -0.2) is 22.6 Å². The van der Waals surface area contributed by atoms with E-state index < -0.39 is 0 Å². The molecule has 0 spiro atoms. The van der Waals surface area contributed by atoms with E-state index in [0.717, 1.165) is 34.5 Å². The summed E-state index contributed by atoms with van der Waals surface area (Å²) < 4.78 is 5.36. The van der Waals surface area contributed by atoms with Crippen molar-refractivity contribution in [2.75, 3.05) is 6.54 Å². The fraction of sp³-hybridized carbons (Fsp3) is 0.136. The second kappa shape index (κ2) is 8.63. The monoisotopic (exact) mass is 389 g/mol. The van der Waals surface area contributed by atoms with E-state index >= 15 is 0 Å². The van der Waals surface area contributed by atoms with E-state index in [0.29, 0.717) is 12.3 Å². The van der Waals surface area contributed by atoms with Gasteiger partial charge in [0.2, 0.25) is 0 Å². The number of carbonyl (C=O) groups is 1. The minimum absolute atomic E-state index is 0.227. The summed E-state index contributed by atoms with van der Waals surface area (Å²) in [4.78, 5) is 16.5. The predicted molar refractivity (Wildman–Crippen MR) is 110 cm³/mol. The molecule has 140 valence electrons. The molecule has 2 aromatic heterocycles. The lowest BCUT2D eigenvalue weighted by molar-refractivity contribution is 0.0944. The van der Waals surface area contributed by atoms with Gasteiger partial charge in [0.1, 0.15) is 0 Å². The van der Waals surface area contributed by atoms with Crippen molar-refractivity contribution in [3.63, 3.8) is 0 Å². The molecule has 0 atom stereocenters. The second-order valence-electron chi connectivity index (χ2n) is 6.31. The van der Waals surface area contributed by atoms with Crippen molar-refractivity contribution < 1.29 is 9.32 Å². The standard InChI is InChI=1S/C22H19N3O2S/c26-22(24-12-4-7-21-23-13-14-28-21)19-15-20(27-25-19)18-10-8-17(9-11-18)16-5-2-1-3-6-16/h1-3,5-6,8-11,13-15H,4,7,12H2,(H,24,26). The van der Waals surface area contributed by atoms with Crippen molar-refractivity contribution in [1.29, 1.82) is 0 Å². The largest absolute Gasteiger partial charge is 0.355 e. The SMILES string of the molecule is O=C(NCCCc1nccs1)c1cc(-c2ccc(-c3ccccc3)cc2)on1. The molecule has 4 rings (SSSR count). The summed E-state index contributed by atoms with van der Waals surface area (Å²) in [5.74, 6) is 0.350. The number of benzene rings is 2. The van der Waals surface area contributed by atoms with Crippen molar-refractivity contribution in [3.8, 4) is 22.5 Å². The highest BCUT2D eigenvalue weighted by molar-refractivity contribution is 7.09. The summed E-state index contributed by atoms with van der Waals surface area (Å²) >= 11 is 1.63. The summed E-state index contributed by atoms with van der Waals surface area (Å²) in [6.45, 7) is 0.576. The van der Waals surface area contributed by atoms with Gasteiger partial charge in [0.05, 0.1) is 5.01 Å². The normalized spacial score (nSPS) is 10.7. The van der Waals surface area contributed by atoms with Crippen LogP contribution in [0.2, 0.25) is 0 Å². The summed E-state index contributed by atoms with van der Waals surface area (Å²) in [6.07, 6.45) is 3.49. The Balaban J connectivity index is 1.35. The molecular weight excluding hydrogens is 370 g/mol. The first-order chi connectivity index (χ1) is 13.8. The number of thiazole rings is 1. The molecule has 0 radical (unpaired) electrons. The van der Waals surface area contributed by atoms with E-state index in [1.165, 1.54) is 0 Å². The van der Waals surface area contributed by atoms with E-state index in [4.69, 9.17) is 4.52 Å². The van der Waals surface area contributed by atoms with Gasteiger partial charge in [-0.2, -0.15) is 0 Å². The molecule has 2 aromatic carbocycles. The Morgan fingerprint density at radius 2 is 1.75 bits per heavy atom. The van der Waals surface area contributed by atoms with Gasteiger partial charge in [-0.1, -0.05) is 59.8 Å². The number of hydrogen-bond donors (Lipinski definition) is 1. The molecule has 28 heavy (non-hydrogen) atoms. The molecule has 1 amide bonds. The molecule has 0 aliphatic carbocycles. The highest BCUT2D eigenvalue weighted by Gasteiger charge is 2.13. The van der Waals surface area contributed by atoms with Gasteiger partial charge in [-0.25, -0.2) is 4.98 Å². The molecule has 1 N–H and O–H groups in total. The summed E-state index contributed by atoms with van der Waals surface area (Å²) in [5, 5.41) is 9.81. The highest BCUT2D eigenvalue weighted by Crippen LogP contribution is 2.25. The maximum Gasteiger partial charge on any atom is 0.273 e. The molecular formula is C22H19N3O2S. The first-order valence-electron chi connectivity index (χ1n) is 9.09. The molecule has 2 heterocycles. The molecule has 0 aliphatic heterocycles. The minimum atomic E-state index is -0.227. The molecule has 0 saturated carbocycles. The van der Waals surface area contributed by atoms with Crippen LogP contribution in [0, 0.1) is 0 Å². The van der Waals surface area contributed by atoms with E-state index in [-0.39, 0.29) is 11.6 Å². The fourth-order valence-electron chi connectivity index (χ4n) is 2.88. The molecule has 4 aromatic rings. The zero-order valence-electron chi connectivity index (χ0n) is 15.2. The maximum atomic E-state index is 12.2. The topological polar surface area (TPSA) is 68.0 Å². The van der Waals surface area contributed by atoms with Gasteiger partial charge < -0.3 is 9.84 Å². The van der Waals surface area contributed by atoms with Gasteiger partial charge in [0.15, 0.2) is 11.5 Å². The third kappa shape index (κ3) is 4.35. The van der Waals surface area contributed by atoms with Crippen LogP contribution in [0.3, 0.4) is 0 Å². The zero-order chi connectivity index (χ0) is 19.2. The highest BCUT2D eigenvalue weighted by atomic mass is 32.1. The third-order valence-electron chi connectivity index (χ3n) is 4.36. The predicted octanol–water partition coefficient (Wildman–Crippen LogP) is 4.83. The Bertz CT molecular complexity index is 1030. The van der Waals surface area contributed by atoms with Crippen LogP contribution in [0.5, 0.6) is 0 Å². The number of aromatic nitrogens is 2. The Labute approximate surface area is 167 Å². The lowest BCUT2D eigenvalue weighted by Gasteiger charge is -2.02. The number of hydrogen-bond acceptors (Lipinski definition) is 5. The van der Waals surface area contributed by atoms with E-state index in [2.05, 4.69) is 27.6 Å². The number of amides is 1. The van der Waals surface area contributed by atoms with Gasteiger partial charge in [0, 0.05) is 36.2 Å². The Kier molecular flexibility index (Phi) is 5.58. The lowest BCUT2D eigenvalue weighted by atomic mass is 10.0. The van der Waals surface area contributed by atoms with Crippen molar-refractivity contribution in [1.82, 2.24) is 15.5 Å². The smallest absolute Gasteiger partial charge is 0.273 e. The van der Waals surface area contributed by atoms with Crippen molar-refractivity contribution >= 4 is 17.2 Å². The number of rotatable bonds is 7. The molecule has 0 bridgehead atoms. The van der Waals surface area contributed by atoms with Crippen molar-refractivity contribution in [3.05, 3.63) is 82.9 Å². The quantitative estimate of drug-likeness (QED) is 0.460. The molecule has 0 fully saturated rings. The van der Waals surface area contributed by atoms with Crippen LogP contribution in [0.1, 0.15) is 21.9 Å². The molecule has 0 unspecified atom stereocenters. The molecule has 0 aliphatic rings. The van der Waals surface area contributed by atoms with Crippen LogP contribution in [0.15, 0.2) is 76.8 Å². The number of aryl methyl sites for hydroxylation is 1. The maximum absolute atomic E-state index is 12.2. The number of nitrogens with zero attached hydrogens (tertiary/aromatic N) is 2. The Morgan fingerprint density at radius 3 is 2.50 bits per heavy atom. The Morgan fingerprint density at radius 1 is 1.00 bits per heavy atom. The third-order valence-corrected chi connectivity index (χ3v) is 5.20. The fourth-order valence-corrected chi connectivity index (χ4v) is 3.55. The lowest BCUT2D eigenvalue weighted by Crippen LogP contribution is -2.25. The van der Waals surface area contributed by atoms with E-state index in [1.54, 1.807) is 23.6 Å². The van der Waals surface area contributed by atoms with Gasteiger partial charge >= 0.3 is 0 Å². The number of nitrogens with one attached hydrogen (secondary N) is 1. The van der Waals surface area contributed by atoms with Crippen LogP contribution in [-0.2, 0) is 6.42 Å². The summed E-state index contributed by atoms with van der Waals surface area (Å²) in [5.41, 5.74) is 3.46. The van der Waals surface area contributed by atoms with Crippen LogP contribution in [0.4, 0.5) is 0 Å². The molecule has 0 saturated heterocycles. The van der Waals surface area contributed by atoms with Crippen molar-refractivity contribution in [2.24, 2.45) is 0 Å². The summed E-state index contributed by atoms with van der Waals surface area (Å²) in [6, 6.07) is 19.9. The van der Waals surface area contributed by atoms with E-state index in [1.807, 2.05) is 47.8 Å². The zero-order valence-corrected chi connectivity index (χ0v) is 16.0.